The molecular formula is C21H25F6N3O5. The molecule has 0 spiro atoms. The lowest BCUT2D eigenvalue weighted by Gasteiger charge is -2.37. The summed E-state index contributed by atoms with van der Waals surface area (Å²) in [6.45, 7) is 3.34. The van der Waals surface area contributed by atoms with Gasteiger partial charge in [0.1, 0.15) is 0 Å². The number of aryl methyl sites for hydroxylation is 1. The summed E-state index contributed by atoms with van der Waals surface area (Å²) in [5.41, 5.74) is 2.64. The van der Waals surface area contributed by atoms with Gasteiger partial charge in [0.15, 0.2) is 6.10 Å². The van der Waals surface area contributed by atoms with Crippen LogP contribution in [-0.2, 0) is 20.8 Å². The van der Waals surface area contributed by atoms with E-state index in [9.17, 15) is 41.0 Å². The minimum atomic E-state index is -5.77. The van der Waals surface area contributed by atoms with E-state index in [2.05, 4.69) is 4.74 Å². The molecule has 3 rings (SSSR count). The number of anilines is 1. The van der Waals surface area contributed by atoms with E-state index in [1.807, 2.05) is 34.9 Å². The average molecular weight is 513 g/mol. The summed E-state index contributed by atoms with van der Waals surface area (Å²) < 4.78 is 85.0. The predicted octanol–water partition coefficient (Wildman–Crippen LogP) is 3.03. The molecule has 2 saturated heterocycles. The monoisotopic (exact) mass is 513 g/mol. The number of halogens is 6. The van der Waals surface area contributed by atoms with Crippen molar-refractivity contribution in [3.8, 4) is 0 Å². The van der Waals surface area contributed by atoms with Gasteiger partial charge in [-0.25, -0.2) is 9.59 Å². The number of carbonyl (C=O) groups is 2. The molecule has 1 aromatic carbocycles. The number of piperazine rings is 1. The highest BCUT2D eigenvalue weighted by atomic mass is 19.4. The fraction of sp³-hybridized carbons (Fsp3) is 0.619. The summed E-state index contributed by atoms with van der Waals surface area (Å²) in [7, 11) is 0. The number of rotatable bonds is 5. The number of aliphatic carboxylic acids is 1. The smallest absolute Gasteiger partial charge is 0.434 e. The van der Waals surface area contributed by atoms with Crippen LogP contribution in [0.2, 0.25) is 0 Å². The first-order chi connectivity index (χ1) is 16.3. The zero-order valence-electron chi connectivity index (χ0n) is 18.7. The molecule has 35 heavy (non-hydrogen) atoms. The van der Waals surface area contributed by atoms with E-state index >= 15 is 0 Å². The second kappa shape index (κ2) is 10.5. The van der Waals surface area contributed by atoms with Crippen molar-refractivity contribution in [3.05, 3.63) is 29.3 Å². The maximum atomic E-state index is 12.7. The third-order valence-electron chi connectivity index (χ3n) is 5.76. The Kier molecular flexibility index (Phi) is 8.04. The van der Waals surface area contributed by atoms with Crippen molar-refractivity contribution in [1.82, 2.24) is 9.80 Å². The Bertz CT molecular complexity index is 904. The Morgan fingerprint density at radius 2 is 1.71 bits per heavy atom. The van der Waals surface area contributed by atoms with E-state index in [4.69, 9.17) is 4.74 Å². The largest absolute Gasteiger partial charge is 0.479 e. The molecular weight excluding hydrogens is 488 g/mol. The second-order valence-corrected chi connectivity index (χ2v) is 8.39. The lowest BCUT2D eigenvalue weighted by atomic mass is 10.1. The third kappa shape index (κ3) is 6.90. The van der Waals surface area contributed by atoms with E-state index < -0.39 is 36.6 Å². The highest BCUT2D eigenvalue weighted by Gasteiger charge is 2.60. The summed E-state index contributed by atoms with van der Waals surface area (Å²) >= 11 is 0. The number of hydrogen-bond acceptors (Lipinski definition) is 6. The van der Waals surface area contributed by atoms with Gasteiger partial charge in [0.2, 0.25) is 0 Å². The first kappa shape index (κ1) is 26.9. The molecule has 8 nitrogen and oxygen atoms in total. The molecule has 196 valence electrons. The Hall–Kier alpha value is -2.74. The van der Waals surface area contributed by atoms with Crippen LogP contribution in [0, 0.1) is 6.92 Å². The van der Waals surface area contributed by atoms with E-state index in [-0.39, 0.29) is 39.3 Å². The third-order valence-corrected chi connectivity index (χ3v) is 5.76. The van der Waals surface area contributed by atoms with Crippen molar-refractivity contribution in [3.63, 3.8) is 0 Å². The van der Waals surface area contributed by atoms with Crippen LogP contribution in [-0.4, -0.2) is 97.4 Å². The number of carboxylic acids is 1. The fourth-order valence-corrected chi connectivity index (χ4v) is 3.94. The number of nitrogens with zero attached hydrogens (tertiary/aromatic N) is 3. The molecule has 0 bridgehead atoms. The number of benzene rings is 1. The van der Waals surface area contributed by atoms with Gasteiger partial charge in [-0.2, -0.15) is 26.3 Å². The first-order valence-electron chi connectivity index (χ1n) is 10.8. The summed E-state index contributed by atoms with van der Waals surface area (Å²) in [4.78, 5) is 27.9. The van der Waals surface area contributed by atoms with Crippen LogP contribution in [0.25, 0.3) is 0 Å². The van der Waals surface area contributed by atoms with Gasteiger partial charge in [-0.15, -0.1) is 0 Å². The van der Waals surface area contributed by atoms with Crippen molar-refractivity contribution in [2.75, 3.05) is 50.8 Å². The molecule has 0 aliphatic carbocycles. The molecule has 1 aromatic rings. The molecule has 2 aliphatic heterocycles. The fourth-order valence-electron chi connectivity index (χ4n) is 3.94. The van der Waals surface area contributed by atoms with Gasteiger partial charge in [-0.3, -0.25) is 4.90 Å². The lowest BCUT2D eigenvalue weighted by molar-refractivity contribution is -0.308. The standard InChI is InChI=1S/C21H25F6N3O5/c1-13-2-3-14(15(10-13)30-8-9-34-16(12-30)17(31)32)11-28-4-6-29(7-5-28)19(33)35-18(20(22,23)24)21(25,26)27/h2-3,10,16,18H,4-9,11-12H2,1H3,(H,31,32). The average Bonchev–Trinajstić information content (AvgIpc) is 2.77. The first-order valence-corrected chi connectivity index (χ1v) is 10.8. The summed E-state index contributed by atoms with van der Waals surface area (Å²) in [6, 6.07) is 5.69. The highest BCUT2D eigenvalue weighted by molar-refractivity contribution is 5.74. The van der Waals surface area contributed by atoms with E-state index in [0.29, 0.717) is 13.1 Å². The Balaban J connectivity index is 1.62. The zero-order chi connectivity index (χ0) is 26.0. The topological polar surface area (TPSA) is 82.5 Å². The normalized spacial score (nSPS) is 20.3. The molecule has 1 atom stereocenters. The van der Waals surface area contributed by atoms with Crippen LogP contribution < -0.4 is 4.90 Å². The van der Waals surface area contributed by atoms with Crippen LogP contribution in [0.3, 0.4) is 0 Å². The number of morpholine rings is 1. The molecule has 0 aromatic heterocycles. The van der Waals surface area contributed by atoms with Gasteiger partial charge in [0, 0.05) is 45.0 Å². The number of carbonyl (C=O) groups excluding carboxylic acids is 1. The van der Waals surface area contributed by atoms with Crippen LogP contribution in [0.1, 0.15) is 11.1 Å². The molecule has 2 aliphatic rings. The van der Waals surface area contributed by atoms with Gasteiger partial charge in [-0.1, -0.05) is 12.1 Å². The summed E-state index contributed by atoms with van der Waals surface area (Å²) in [6.07, 6.45) is -18.4. The molecule has 1 amide bonds. The number of alkyl halides is 6. The van der Waals surface area contributed by atoms with E-state index in [1.165, 1.54) is 0 Å². The minimum Gasteiger partial charge on any atom is -0.479 e. The Morgan fingerprint density at radius 3 is 2.29 bits per heavy atom. The predicted molar refractivity (Wildman–Crippen MR) is 110 cm³/mol. The molecule has 0 radical (unpaired) electrons. The quantitative estimate of drug-likeness (QED) is 0.607. The van der Waals surface area contributed by atoms with Gasteiger partial charge < -0.3 is 24.4 Å². The maximum absolute atomic E-state index is 12.7. The van der Waals surface area contributed by atoms with Gasteiger partial charge in [0.25, 0.3) is 6.10 Å². The molecule has 14 heteroatoms. The summed E-state index contributed by atoms with van der Waals surface area (Å²) in [5.74, 6) is -1.06. The van der Waals surface area contributed by atoms with Crippen molar-refractivity contribution in [2.45, 2.75) is 38.0 Å². The SMILES string of the molecule is Cc1ccc(CN2CCN(C(=O)OC(C(F)(F)F)C(F)(F)F)CC2)c(N2CCOC(C(=O)O)C2)c1. The van der Waals surface area contributed by atoms with Gasteiger partial charge in [0.05, 0.1) is 13.2 Å². The van der Waals surface area contributed by atoms with Crippen LogP contribution in [0.5, 0.6) is 0 Å². The second-order valence-electron chi connectivity index (χ2n) is 8.39. The lowest BCUT2D eigenvalue weighted by Crippen LogP contribution is -2.52. The molecule has 1 N–H and O–H groups in total. The van der Waals surface area contributed by atoms with E-state index in [1.54, 1.807) is 0 Å². The highest BCUT2D eigenvalue weighted by Crippen LogP contribution is 2.36. The number of carboxylic acid groups (broad SMARTS) is 1. The van der Waals surface area contributed by atoms with Crippen molar-refractivity contribution in [1.29, 1.82) is 0 Å². The van der Waals surface area contributed by atoms with Gasteiger partial charge >= 0.3 is 24.4 Å². The molecule has 2 fully saturated rings. The van der Waals surface area contributed by atoms with Crippen LogP contribution in [0.15, 0.2) is 18.2 Å². The van der Waals surface area contributed by atoms with E-state index in [0.717, 1.165) is 21.7 Å². The number of amides is 1. The van der Waals surface area contributed by atoms with Gasteiger partial charge in [-0.05, 0) is 24.1 Å². The molecule has 1 unspecified atom stereocenters. The summed E-state index contributed by atoms with van der Waals surface area (Å²) in [5, 5.41) is 9.27. The zero-order valence-corrected chi connectivity index (χ0v) is 18.7. The molecule has 0 saturated carbocycles. The van der Waals surface area contributed by atoms with Crippen molar-refractivity contribution in [2.24, 2.45) is 0 Å². The Labute approximate surface area is 197 Å². The van der Waals surface area contributed by atoms with Crippen molar-refractivity contribution >= 4 is 17.7 Å². The van der Waals surface area contributed by atoms with Crippen molar-refractivity contribution < 1.29 is 50.5 Å². The maximum Gasteiger partial charge on any atom is 0.434 e. The Morgan fingerprint density at radius 1 is 1.09 bits per heavy atom. The minimum absolute atomic E-state index is 0.110. The number of hydrogen-bond donors (Lipinski definition) is 1. The van der Waals surface area contributed by atoms with Crippen LogP contribution >= 0.6 is 0 Å². The molecule has 2 heterocycles. The number of ether oxygens (including phenoxy) is 2. The van der Waals surface area contributed by atoms with Crippen LogP contribution in [0.4, 0.5) is 36.8 Å².